The molecule has 1 aliphatic heterocycles. The maximum atomic E-state index is 13.8. The van der Waals surface area contributed by atoms with Crippen LogP contribution in [0.5, 0.6) is 0 Å². The van der Waals surface area contributed by atoms with Crippen LogP contribution >= 0.6 is 0 Å². The number of benzene rings is 4. The highest BCUT2D eigenvalue weighted by atomic mass is 32.2. The van der Waals surface area contributed by atoms with E-state index in [1.54, 1.807) is 66.7 Å². The first-order valence-electron chi connectivity index (χ1n) is 13.6. The van der Waals surface area contributed by atoms with E-state index in [0.717, 1.165) is 23.8 Å². The van der Waals surface area contributed by atoms with Crippen molar-refractivity contribution < 1.29 is 31.9 Å². The smallest absolute Gasteiger partial charge is 0.333 e. The van der Waals surface area contributed by atoms with Crippen molar-refractivity contribution in [2.45, 2.75) is 23.9 Å². The number of esters is 1. The van der Waals surface area contributed by atoms with Gasteiger partial charge in [-0.05, 0) is 52.9 Å². The zero-order valence-electron chi connectivity index (χ0n) is 23.3. The summed E-state index contributed by atoms with van der Waals surface area (Å²) in [5.41, 5.74) is 3.71. The van der Waals surface area contributed by atoms with E-state index in [0.29, 0.717) is 39.8 Å². The zero-order valence-corrected chi connectivity index (χ0v) is 24.2. The molecule has 1 amide bonds. The number of amides is 1. The molecule has 0 aromatic heterocycles. The molecule has 1 atom stereocenters. The van der Waals surface area contributed by atoms with Crippen LogP contribution in [0, 0.1) is 17.1 Å². The minimum absolute atomic E-state index is 0.0440. The lowest BCUT2D eigenvalue weighted by atomic mass is 9.95. The van der Waals surface area contributed by atoms with Crippen molar-refractivity contribution in [2.75, 3.05) is 13.7 Å². The van der Waals surface area contributed by atoms with E-state index in [9.17, 15) is 27.2 Å². The number of ketones is 1. The lowest BCUT2D eigenvalue weighted by molar-refractivity contribution is -0.143. The van der Waals surface area contributed by atoms with Crippen molar-refractivity contribution in [3.8, 4) is 17.2 Å². The van der Waals surface area contributed by atoms with Gasteiger partial charge in [0.05, 0.1) is 17.6 Å². The molecular weight excluding hydrogens is 585 g/mol. The second-order valence-electron chi connectivity index (χ2n) is 10.4. The Hall–Kier alpha value is -5.18. The largest absolute Gasteiger partial charge is 0.467 e. The van der Waals surface area contributed by atoms with Gasteiger partial charge in [0.15, 0.2) is 11.8 Å². The SMILES string of the molecule is COC(=O)C(NC(=O)c1cccc2c1-c1ccccc1C2=O)c1ccc2c(c1)CN(S(=O)(=O)c1ccc(F)c(C#N)c1)CC2. The molecule has 1 unspecified atom stereocenters. The number of ether oxygens (including phenoxy) is 1. The van der Waals surface area contributed by atoms with Gasteiger partial charge in [0.1, 0.15) is 11.9 Å². The summed E-state index contributed by atoms with van der Waals surface area (Å²) in [4.78, 5) is 39.4. The van der Waals surface area contributed by atoms with Crippen LogP contribution < -0.4 is 5.32 Å². The van der Waals surface area contributed by atoms with E-state index in [-0.39, 0.29) is 34.9 Å². The molecule has 0 saturated carbocycles. The Labute approximate surface area is 252 Å². The number of hydrogen-bond donors (Lipinski definition) is 1. The average molecular weight is 610 g/mol. The standard InChI is InChI=1S/C33H24FN3O6S/c1-43-33(40)30(36-32(39)27-8-4-7-26-29(27)24-5-2-3-6-25(24)31(26)38)20-10-9-19-13-14-37(18-22(19)15-20)44(41,42)23-11-12-28(34)21(16-23)17-35/h2-12,15-16,30H,13-14,18H2,1H3,(H,36,39). The molecule has 1 aliphatic carbocycles. The predicted molar refractivity (Wildman–Crippen MR) is 156 cm³/mol. The van der Waals surface area contributed by atoms with E-state index < -0.39 is 33.8 Å². The summed E-state index contributed by atoms with van der Waals surface area (Å²) < 4.78 is 46.9. The number of hydrogen-bond acceptors (Lipinski definition) is 7. The normalized spacial score (nSPS) is 14.5. The summed E-state index contributed by atoms with van der Waals surface area (Å²) in [6.07, 6.45) is 0.375. The summed E-state index contributed by atoms with van der Waals surface area (Å²) in [5, 5.41) is 11.9. The fourth-order valence-corrected chi connectivity index (χ4v) is 7.15. The van der Waals surface area contributed by atoms with Crippen molar-refractivity contribution in [3.05, 3.63) is 124 Å². The molecule has 1 heterocycles. The van der Waals surface area contributed by atoms with Crippen molar-refractivity contribution in [3.63, 3.8) is 0 Å². The van der Waals surface area contributed by atoms with E-state index in [4.69, 9.17) is 10.00 Å². The van der Waals surface area contributed by atoms with Gasteiger partial charge in [-0.2, -0.15) is 9.57 Å². The molecule has 6 rings (SSSR count). The highest BCUT2D eigenvalue weighted by Gasteiger charge is 2.33. The predicted octanol–water partition coefficient (Wildman–Crippen LogP) is 4.30. The number of methoxy groups -OCH3 is 1. The highest BCUT2D eigenvalue weighted by Crippen LogP contribution is 2.39. The van der Waals surface area contributed by atoms with Gasteiger partial charge in [-0.1, -0.05) is 54.6 Å². The molecule has 220 valence electrons. The first-order valence-corrected chi connectivity index (χ1v) is 15.1. The summed E-state index contributed by atoms with van der Waals surface area (Å²) >= 11 is 0. The van der Waals surface area contributed by atoms with Crippen LogP contribution in [0.2, 0.25) is 0 Å². The summed E-state index contributed by atoms with van der Waals surface area (Å²) in [5.74, 6) is -2.33. The van der Waals surface area contributed by atoms with Crippen molar-refractivity contribution >= 4 is 27.7 Å². The topological polar surface area (TPSA) is 134 Å². The van der Waals surface area contributed by atoms with E-state index in [1.165, 1.54) is 11.4 Å². The van der Waals surface area contributed by atoms with Gasteiger partial charge in [0, 0.05) is 35.3 Å². The number of halogens is 1. The number of nitrogens with zero attached hydrogens (tertiary/aromatic N) is 2. The fourth-order valence-electron chi connectivity index (χ4n) is 5.71. The van der Waals surface area contributed by atoms with Crippen LogP contribution in [-0.4, -0.2) is 44.0 Å². The summed E-state index contributed by atoms with van der Waals surface area (Å²) in [6.45, 7) is 0.113. The number of nitriles is 1. The molecule has 11 heteroatoms. The second-order valence-corrected chi connectivity index (χ2v) is 12.3. The number of fused-ring (bicyclic) bond motifs is 4. The Morgan fingerprint density at radius 2 is 1.73 bits per heavy atom. The molecule has 4 aromatic rings. The van der Waals surface area contributed by atoms with Gasteiger partial charge in [0.25, 0.3) is 5.91 Å². The number of carbonyl (C=O) groups is 3. The third-order valence-corrected chi connectivity index (χ3v) is 9.79. The fraction of sp³-hybridized carbons (Fsp3) is 0.152. The van der Waals surface area contributed by atoms with Crippen LogP contribution in [-0.2, 0) is 32.5 Å². The molecule has 2 aliphatic rings. The van der Waals surface area contributed by atoms with Gasteiger partial charge < -0.3 is 10.1 Å². The van der Waals surface area contributed by atoms with E-state index >= 15 is 0 Å². The molecular formula is C33H24FN3O6S. The van der Waals surface area contributed by atoms with Gasteiger partial charge in [-0.15, -0.1) is 0 Å². The Morgan fingerprint density at radius 1 is 0.977 bits per heavy atom. The van der Waals surface area contributed by atoms with Crippen LogP contribution in [0.3, 0.4) is 0 Å². The summed E-state index contributed by atoms with van der Waals surface area (Å²) in [6, 6.07) is 20.4. The number of carbonyl (C=O) groups excluding carboxylic acids is 3. The second kappa shape index (κ2) is 11.1. The maximum Gasteiger partial charge on any atom is 0.333 e. The van der Waals surface area contributed by atoms with Crippen molar-refractivity contribution in [2.24, 2.45) is 0 Å². The van der Waals surface area contributed by atoms with Crippen LogP contribution in [0.4, 0.5) is 4.39 Å². The quantitative estimate of drug-likeness (QED) is 0.284. The van der Waals surface area contributed by atoms with Crippen LogP contribution in [0.15, 0.2) is 83.8 Å². The Morgan fingerprint density at radius 3 is 2.48 bits per heavy atom. The van der Waals surface area contributed by atoms with Gasteiger partial charge in [-0.25, -0.2) is 17.6 Å². The molecule has 0 saturated heterocycles. The molecule has 4 aromatic carbocycles. The lowest BCUT2D eigenvalue weighted by Crippen LogP contribution is -2.37. The van der Waals surface area contributed by atoms with E-state index in [2.05, 4.69) is 5.32 Å². The Kier molecular flexibility index (Phi) is 7.33. The van der Waals surface area contributed by atoms with E-state index in [1.807, 2.05) is 0 Å². The first kappa shape index (κ1) is 28.9. The monoisotopic (exact) mass is 609 g/mol. The molecule has 44 heavy (non-hydrogen) atoms. The summed E-state index contributed by atoms with van der Waals surface area (Å²) in [7, 11) is -2.88. The molecule has 1 N–H and O–H groups in total. The van der Waals surface area contributed by atoms with Crippen LogP contribution in [0.1, 0.15) is 54.6 Å². The third kappa shape index (κ3) is 4.84. The maximum absolute atomic E-state index is 13.8. The lowest BCUT2D eigenvalue weighted by Gasteiger charge is -2.29. The first-order chi connectivity index (χ1) is 21.1. The number of rotatable bonds is 6. The number of nitrogens with one attached hydrogen (secondary N) is 1. The Bertz CT molecular complexity index is 2040. The van der Waals surface area contributed by atoms with Gasteiger partial charge >= 0.3 is 5.97 Å². The highest BCUT2D eigenvalue weighted by molar-refractivity contribution is 7.89. The number of sulfonamides is 1. The van der Waals surface area contributed by atoms with Crippen molar-refractivity contribution in [1.82, 2.24) is 9.62 Å². The minimum atomic E-state index is -4.07. The van der Waals surface area contributed by atoms with Gasteiger partial charge in [-0.3, -0.25) is 9.59 Å². The Balaban J connectivity index is 1.31. The minimum Gasteiger partial charge on any atom is -0.467 e. The van der Waals surface area contributed by atoms with Gasteiger partial charge in [0.2, 0.25) is 10.0 Å². The average Bonchev–Trinajstić information content (AvgIpc) is 3.34. The molecule has 9 nitrogen and oxygen atoms in total. The third-order valence-electron chi connectivity index (χ3n) is 7.94. The molecule has 0 fully saturated rings. The van der Waals surface area contributed by atoms with Crippen molar-refractivity contribution in [1.29, 1.82) is 5.26 Å². The molecule has 0 bridgehead atoms. The zero-order chi connectivity index (χ0) is 31.2. The van der Waals surface area contributed by atoms with Crippen LogP contribution in [0.25, 0.3) is 11.1 Å². The molecule has 0 spiro atoms. The molecule has 0 radical (unpaired) electrons.